The van der Waals surface area contributed by atoms with E-state index in [0.29, 0.717) is 0 Å². The van der Waals surface area contributed by atoms with Crippen LogP contribution < -0.4 is 10.1 Å². The van der Waals surface area contributed by atoms with Gasteiger partial charge in [-0.2, -0.15) is 0 Å². The van der Waals surface area contributed by atoms with Crippen molar-refractivity contribution in [1.82, 2.24) is 10.3 Å². The van der Waals surface area contributed by atoms with Crippen molar-refractivity contribution in [3.8, 4) is 5.75 Å². The first-order valence-electron chi connectivity index (χ1n) is 7.62. The molecule has 0 aromatic carbocycles. The zero-order chi connectivity index (χ0) is 14.4. The zero-order valence-corrected chi connectivity index (χ0v) is 12.8. The van der Waals surface area contributed by atoms with E-state index < -0.39 is 0 Å². The lowest BCUT2D eigenvalue weighted by atomic mass is 9.72. The summed E-state index contributed by atoms with van der Waals surface area (Å²) >= 11 is 0. The molecule has 4 heteroatoms. The molecule has 1 heterocycles. The Morgan fingerprint density at radius 2 is 2.15 bits per heavy atom. The molecule has 1 N–H and O–H groups in total. The van der Waals surface area contributed by atoms with Crippen LogP contribution in [0.3, 0.4) is 0 Å². The van der Waals surface area contributed by atoms with E-state index in [-0.39, 0.29) is 11.6 Å². The summed E-state index contributed by atoms with van der Waals surface area (Å²) in [5, 5.41) is 3.56. The predicted molar refractivity (Wildman–Crippen MR) is 80.0 cm³/mol. The van der Waals surface area contributed by atoms with Crippen LogP contribution in [0.25, 0.3) is 0 Å². The van der Waals surface area contributed by atoms with Crippen molar-refractivity contribution in [1.29, 1.82) is 0 Å². The maximum absolute atomic E-state index is 5.83. The molecule has 0 spiro atoms. The molecule has 0 saturated heterocycles. The number of pyridine rings is 1. The highest BCUT2D eigenvalue weighted by atomic mass is 16.5. The summed E-state index contributed by atoms with van der Waals surface area (Å²) in [5.41, 5.74) is 1.07. The molecule has 1 atom stereocenters. The average Bonchev–Trinajstić information content (AvgIpc) is 2.44. The first kappa shape index (κ1) is 15.3. The number of likely N-dealkylation sites (N-methyl/N-ethyl adjacent to an activating group) is 1. The monoisotopic (exact) mass is 278 g/mol. The fourth-order valence-electron chi connectivity index (χ4n) is 2.84. The molecule has 0 amide bonds. The summed E-state index contributed by atoms with van der Waals surface area (Å²) < 4.78 is 11.5. The Morgan fingerprint density at radius 3 is 2.70 bits per heavy atom. The SMILES string of the molecule is CCCOc1cncc(C(NCC)C2(OC)CCC2)c1. The zero-order valence-electron chi connectivity index (χ0n) is 12.8. The molecule has 1 unspecified atom stereocenters. The molecule has 1 aliphatic carbocycles. The summed E-state index contributed by atoms with van der Waals surface area (Å²) in [4.78, 5) is 4.33. The number of rotatable bonds is 8. The van der Waals surface area contributed by atoms with Crippen LogP contribution in [0.1, 0.15) is 51.1 Å². The van der Waals surface area contributed by atoms with E-state index in [1.165, 1.54) is 6.42 Å². The Morgan fingerprint density at radius 1 is 1.35 bits per heavy atom. The van der Waals surface area contributed by atoms with E-state index in [1.54, 1.807) is 6.20 Å². The smallest absolute Gasteiger partial charge is 0.137 e. The van der Waals surface area contributed by atoms with Gasteiger partial charge in [-0.3, -0.25) is 4.98 Å². The van der Waals surface area contributed by atoms with Crippen molar-refractivity contribution in [2.75, 3.05) is 20.3 Å². The molecule has 20 heavy (non-hydrogen) atoms. The van der Waals surface area contributed by atoms with Gasteiger partial charge in [0.15, 0.2) is 0 Å². The van der Waals surface area contributed by atoms with Crippen LogP contribution in [0.15, 0.2) is 18.5 Å². The lowest BCUT2D eigenvalue weighted by Crippen LogP contribution is -2.50. The van der Waals surface area contributed by atoms with Gasteiger partial charge in [0.1, 0.15) is 5.75 Å². The molecule has 0 bridgehead atoms. The van der Waals surface area contributed by atoms with Gasteiger partial charge in [-0.05, 0) is 43.9 Å². The van der Waals surface area contributed by atoms with E-state index in [2.05, 4.69) is 30.2 Å². The Kier molecular flexibility index (Phi) is 5.38. The molecule has 1 aromatic rings. The van der Waals surface area contributed by atoms with Gasteiger partial charge >= 0.3 is 0 Å². The fraction of sp³-hybridized carbons (Fsp3) is 0.688. The Labute approximate surface area is 121 Å². The molecule has 0 radical (unpaired) electrons. The van der Waals surface area contributed by atoms with Gasteiger partial charge in [0, 0.05) is 13.3 Å². The molecule has 2 rings (SSSR count). The molecular weight excluding hydrogens is 252 g/mol. The van der Waals surface area contributed by atoms with Gasteiger partial charge in [-0.25, -0.2) is 0 Å². The lowest BCUT2D eigenvalue weighted by Gasteiger charge is -2.47. The van der Waals surface area contributed by atoms with Gasteiger partial charge < -0.3 is 14.8 Å². The van der Waals surface area contributed by atoms with Crippen molar-refractivity contribution >= 4 is 0 Å². The number of nitrogens with zero attached hydrogens (tertiary/aromatic N) is 1. The minimum Gasteiger partial charge on any atom is -0.492 e. The van der Waals surface area contributed by atoms with Crippen LogP contribution >= 0.6 is 0 Å². The maximum Gasteiger partial charge on any atom is 0.137 e. The van der Waals surface area contributed by atoms with Crippen LogP contribution in [0.5, 0.6) is 5.75 Å². The summed E-state index contributed by atoms with van der Waals surface area (Å²) in [7, 11) is 1.81. The van der Waals surface area contributed by atoms with E-state index in [9.17, 15) is 0 Å². The first-order valence-corrected chi connectivity index (χ1v) is 7.62. The molecule has 1 fully saturated rings. The molecule has 1 aliphatic rings. The Balaban J connectivity index is 2.20. The third-order valence-electron chi connectivity index (χ3n) is 4.08. The van der Waals surface area contributed by atoms with Gasteiger partial charge in [0.05, 0.1) is 24.4 Å². The average molecular weight is 278 g/mol. The van der Waals surface area contributed by atoms with Gasteiger partial charge in [0.2, 0.25) is 0 Å². The Bertz CT molecular complexity index is 413. The second kappa shape index (κ2) is 7.04. The normalized spacial score (nSPS) is 18.4. The van der Waals surface area contributed by atoms with Crippen LogP contribution in [-0.4, -0.2) is 30.8 Å². The van der Waals surface area contributed by atoms with Crippen LogP contribution in [0.4, 0.5) is 0 Å². The summed E-state index contributed by atoms with van der Waals surface area (Å²) in [5.74, 6) is 0.845. The first-order chi connectivity index (χ1) is 9.75. The summed E-state index contributed by atoms with van der Waals surface area (Å²) in [6, 6.07) is 2.28. The highest BCUT2D eigenvalue weighted by Gasteiger charge is 2.45. The number of hydrogen-bond acceptors (Lipinski definition) is 4. The van der Waals surface area contributed by atoms with Crippen molar-refractivity contribution in [2.45, 2.75) is 51.2 Å². The number of methoxy groups -OCH3 is 1. The Hall–Kier alpha value is -1.13. The highest BCUT2D eigenvalue weighted by Crippen LogP contribution is 2.45. The number of nitrogens with one attached hydrogen (secondary N) is 1. The number of hydrogen-bond donors (Lipinski definition) is 1. The second-order valence-electron chi connectivity index (χ2n) is 5.42. The molecule has 0 aliphatic heterocycles. The van der Waals surface area contributed by atoms with Gasteiger partial charge in [-0.1, -0.05) is 13.8 Å². The fourth-order valence-corrected chi connectivity index (χ4v) is 2.84. The van der Waals surface area contributed by atoms with Crippen LogP contribution in [0, 0.1) is 0 Å². The minimum absolute atomic E-state index is 0.0823. The molecular formula is C16H26N2O2. The minimum atomic E-state index is -0.0823. The third-order valence-corrected chi connectivity index (χ3v) is 4.08. The van der Waals surface area contributed by atoms with Gasteiger partial charge in [-0.15, -0.1) is 0 Å². The molecule has 1 saturated carbocycles. The molecule has 1 aromatic heterocycles. The van der Waals surface area contributed by atoms with E-state index in [0.717, 1.165) is 43.7 Å². The largest absolute Gasteiger partial charge is 0.492 e. The summed E-state index contributed by atoms with van der Waals surface area (Å²) in [6.07, 6.45) is 8.13. The maximum atomic E-state index is 5.83. The summed E-state index contributed by atoms with van der Waals surface area (Å²) in [6.45, 7) is 5.87. The predicted octanol–water partition coefficient (Wildman–Crippen LogP) is 3.09. The van der Waals surface area contributed by atoms with Gasteiger partial charge in [0.25, 0.3) is 0 Å². The topological polar surface area (TPSA) is 43.4 Å². The van der Waals surface area contributed by atoms with Crippen molar-refractivity contribution < 1.29 is 9.47 Å². The van der Waals surface area contributed by atoms with Crippen molar-refractivity contribution in [3.63, 3.8) is 0 Å². The molecule has 112 valence electrons. The van der Waals surface area contributed by atoms with Crippen molar-refractivity contribution in [2.24, 2.45) is 0 Å². The highest BCUT2D eigenvalue weighted by molar-refractivity contribution is 5.29. The van der Waals surface area contributed by atoms with Crippen LogP contribution in [0.2, 0.25) is 0 Å². The van der Waals surface area contributed by atoms with E-state index >= 15 is 0 Å². The van der Waals surface area contributed by atoms with E-state index in [1.807, 2.05) is 13.3 Å². The quantitative estimate of drug-likeness (QED) is 0.793. The van der Waals surface area contributed by atoms with Crippen LogP contribution in [-0.2, 0) is 4.74 Å². The van der Waals surface area contributed by atoms with E-state index in [4.69, 9.17) is 9.47 Å². The standard InChI is InChI=1S/C16H26N2O2/c1-4-9-20-14-10-13(11-17-12-14)15(18-5-2)16(19-3)7-6-8-16/h10-12,15,18H,4-9H2,1-3H3. The number of ether oxygens (including phenoxy) is 2. The lowest BCUT2D eigenvalue weighted by molar-refractivity contribution is -0.0995. The molecule has 4 nitrogen and oxygen atoms in total. The number of aromatic nitrogens is 1. The third kappa shape index (κ3) is 3.13. The van der Waals surface area contributed by atoms with Crippen molar-refractivity contribution in [3.05, 3.63) is 24.0 Å². The second-order valence-corrected chi connectivity index (χ2v) is 5.42.